The Labute approximate surface area is 87.5 Å². The summed E-state index contributed by atoms with van der Waals surface area (Å²) < 4.78 is 12.9. The molecule has 0 bridgehead atoms. The maximum Gasteiger partial charge on any atom is 0.214 e. The highest BCUT2D eigenvalue weighted by molar-refractivity contribution is 6.01. The lowest BCUT2D eigenvalue weighted by molar-refractivity contribution is -0.107. The second kappa shape index (κ2) is 4.68. The van der Waals surface area contributed by atoms with Crippen LogP contribution in [-0.2, 0) is 4.79 Å². The monoisotopic (exact) mass is 209 g/mol. The molecule has 0 heterocycles. The van der Waals surface area contributed by atoms with Gasteiger partial charge in [-0.1, -0.05) is 0 Å². The predicted molar refractivity (Wildman–Crippen MR) is 55.5 cm³/mol. The van der Waals surface area contributed by atoms with Gasteiger partial charge < -0.3 is 4.90 Å². The molecule has 0 aliphatic carbocycles. The molecule has 0 atom stereocenters. The Hall–Kier alpha value is -1.71. The first kappa shape index (κ1) is 11.4. The molecule has 0 N–H and O–H groups in total. The molecule has 0 aliphatic heterocycles. The largest absolute Gasteiger partial charge is 0.315 e. The molecular formula is C11H12FNO2. The summed E-state index contributed by atoms with van der Waals surface area (Å²) in [6.45, 7) is 3.56. The lowest BCUT2D eigenvalue weighted by Crippen LogP contribution is -2.22. The van der Waals surface area contributed by atoms with Crippen molar-refractivity contribution in [2.24, 2.45) is 0 Å². The molecule has 80 valence electrons. The maximum absolute atomic E-state index is 12.9. The Morgan fingerprint density at radius 3 is 2.67 bits per heavy atom. The minimum atomic E-state index is -0.481. The van der Waals surface area contributed by atoms with E-state index < -0.39 is 5.82 Å². The fourth-order valence-corrected chi connectivity index (χ4v) is 1.34. The number of hydrogen-bond acceptors (Lipinski definition) is 2. The van der Waals surface area contributed by atoms with E-state index in [1.807, 2.05) is 0 Å². The first-order valence-corrected chi connectivity index (χ1v) is 4.62. The third-order valence-electron chi connectivity index (χ3n) is 2.12. The summed E-state index contributed by atoms with van der Waals surface area (Å²) in [6.07, 6.45) is 0.625. The van der Waals surface area contributed by atoms with E-state index in [2.05, 4.69) is 0 Å². The molecule has 3 nitrogen and oxygen atoms in total. The second-order valence-corrected chi connectivity index (χ2v) is 3.11. The highest BCUT2D eigenvalue weighted by Gasteiger charge is 2.13. The van der Waals surface area contributed by atoms with Gasteiger partial charge in [0.15, 0.2) is 5.78 Å². The number of rotatable bonds is 4. The van der Waals surface area contributed by atoms with Gasteiger partial charge in [-0.05, 0) is 32.0 Å². The van der Waals surface area contributed by atoms with E-state index in [9.17, 15) is 14.0 Å². The number of carbonyl (C=O) groups excluding carboxylic acids is 2. The normalized spacial score (nSPS) is 9.80. The van der Waals surface area contributed by atoms with Crippen molar-refractivity contribution < 1.29 is 14.0 Å². The standard InChI is InChI=1S/C11H12FNO2/c1-3-13(7-14)11-5-4-9(12)6-10(11)8(2)15/h4-7H,3H2,1-2H3. The third-order valence-corrected chi connectivity index (χ3v) is 2.12. The molecule has 0 unspecified atom stereocenters. The maximum atomic E-state index is 12.9. The number of Topliss-reactive ketones (excluding diaryl/α,β-unsaturated/α-hetero) is 1. The number of carbonyl (C=O) groups is 2. The van der Waals surface area contributed by atoms with Crippen LogP contribution in [0.3, 0.4) is 0 Å². The van der Waals surface area contributed by atoms with Gasteiger partial charge in [0, 0.05) is 12.1 Å². The molecule has 15 heavy (non-hydrogen) atoms. The molecule has 1 amide bonds. The van der Waals surface area contributed by atoms with E-state index in [1.165, 1.54) is 24.0 Å². The topological polar surface area (TPSA) is 37.4 Å². The Bertz CT molecular complexity index is 390. The zero-order valence-electron chi connectivity index (χ0n) is 8.66. The molecule has 1 rings (SSSR count). The smallest absolute Gasteiger partial charge is 0.214 e. The summed E-state index contributed by atoms with van der Waals surface area (Å²) in [6, 6.07) is 3.81. The summed E-state index contributed by atoms with van der Waals surface area (Å²) in [5.41, 5.74) is 0.672. The Morgan fingerprint density at radius 2 is 2.20 bits per heavy atom. The Morgan fingerprint density at radius 1 is 1.53 bits per heavy atom. The van der Waals surface area contributed by atoms with E-state index in [0.717, 1.165) is 6.07 Å². The highest BCUT2D eigenvalue weighted by Crippen LogP contribution is 2.21. The average molecular weight is 209 g/mol. The van der Waals surface area contributed by atoms with Crippen LogP contribution in [0.2, 0.25) is 0 Å². The number of nitrogens with zero attached hydrogens (tertiary/aromatic N) is 1. The van der Waals surface area contributed by atoms with Crippen LogP contribution >= 0.6 is 0 Å². The van der Waals surface area contributed by atoms with Gasteiger partial charge in [-0.3, -0.25) is 9.59 Å². The summed E-state index contributed by atoms with van der Waals surface area (Å²) in [7, 11) is 0. The van der Waals surface area contributed by atoms with Crippen molar-refractivity contribution in [1.29, 1.82) is 0 Å². The zero-order chi connectivity index (χ0) is 11.4. The van der Waals surface area contributed by atoms with E-state index in [4.69, 9.17) is 0 Å². The third kappa shape index (κ3) is 2.40. The van der Waals surface area contributed by atoms with Crippen molar-refractivity contribution in [3.8, 4) is 0 Å². The van der Waals surface area contributed by atoms with Gasteiger partial charge in [0.1, 0.15) is 5.82 Å². The fraction of sp³-hybridized carbons (Fsp3) is 0.273. The first-order valence-electron chi connectivity index (χ1n) is 4.62. The SMILES string of the molecule is CCN(C=O)c1ccc(F)cc1C(C)=O. The Balaban J connectivity index is 3.27. The van der Waals surface area contributed by atoms with Gasteiger partial charge in [-0.25, -0.2) is 4.39 Å². The molecular weight excluding hydrogens is 197 g/mol. The molecule has 4 heteroatoms. The van der Waals surface area contributed by atoms with E-state index >= 15 is 0 Å². The van der Waals surface area contributed by atoms with Crippen LogP contribution in [0.4, 0.5) is 10.1 Å². The lowest BCUT2D eigenvalue weighted by Gasteiger charge is -2.17. The minimum absolute atomic E-state index is 0.226. The van der Waals surface area contributed by atoms with Crippen LogP contribution in [0.15, 0.2) is 18.2 Å². The van der Waals surface area contributed by atoms with Crippen molar-refractivity contribution in [2.45, 2.75) is 13.8 Å². The number of hydrogen-bond donors (Lipinski definition) is 0. The van der Waals surface area contributed by atoms with Crippen LogP contribution in [0, 0.1) is 5.82 Å². The molecule has 0 aromatic heterocycles. The number of benzene rings is 1. The van der Waals surface area contributed by atoms with Gasteiger partial charge in [-0.15, -0.1) is 0 Å². The zero-order valence-corrected chi connectivity index (χ0v) is 8.66. The molecule has 0 fully saturated rings. The summed E-state index contributed by atoms with van der Waals surface area (Å²) in [5, 5.41) is 0. The Kier molecular flexibility index (Phi) is 3.55. The molecule has 0 aliphatic rings. The van der Waals surface area contributed by atoms with Crippen LogP contribution in [0.1, 0.15) is 24.2 Å². The molecule has 0 radical (unpaired) electrons. The van der Waals surface area contributed by atoms with Gasteiger partial charge in [-0.2, -0.15) is 0 Å². The number of ketones is 1. The molecule has 0 saturated heterocycles. The van der Waals surface area contributed by atoms with Crippen LogP contribution < -0.4 is 4.90 Å². The van der Waals surface area contributed by atoms with Crippen molar-refractivity contribution in [1.82, 2.24) is 0 Å². The van der Waals surface area contributed by atoms with Crippen molar-refractivity contribution in [3.63, 3.8) is 0 Å². The molecule has 0 saturated carbocycles. The average Bonchev–Trinajstić information content (AvgIpc) is 2.21. The first-order chi connectivity index (χ1) is 7.10. The van der Waals surface area contributed by atoms with Crippen LogP contribution in [0.5, 0.6) is 0 Å². The number of halogens is 1. The van der Waals surface area contributed by atoms with Crippen molar-refractivity contribution >= 4 is 17.9 Å². The van der Waals surface area contributed by atoms with Gasteiger partial charge in [0.25, 0.3) is 0 Å². The van der Waals surface area contributed by atoms with E-state index in [1.54, 1.807) is 6.92 Å². The lowest BCUT2D eigenvalue weighted by atomic mass is 10.1. The van der Waals surface area contributed by atoms with Gasteiger partial charge in [0.2, 0.25) is 6.41 Å². The van der Waals surface area contributed by atoms with Crippen molar-refractivity contribution in [3.05, 3.63) is 29.6 Å². The fourth-order valence-electron chi connectivity index (χ4n) is 1.34. The van der Waals surface area contributed by atoms with Gasteiger partial charge >= 0.3 is 0 Å². The highest BCUT2D eigenvalue weighted by atomic mass is 19.1. The second-order valence-electron chi connectivity index (χ2n) is 3.11. The molecule has 0 spiro atoms. The van der Waals surface area contributed by atoms with Crippen LogP contribution in [0.25, 0.3) is 0 Å². The quantitative estimate of drug-likeness (QED) is 0.562. The van der Waals surface area contributed by atoms with E-state index in [0.29, 0.717) is 18.6 Å². The summed E-state index contributed by atoms with van der Waals surface area (Å²) in [4.78, 5) is 23.3. The molecule has 1 aromatic rings. The summed E-state index contributed by atoms with van der Waals surface area (Å²) in [5.74, 6) is -0.740. The number of anilines is 1. The van der Waals surface area contributed by atoms with E-state index in [-0.39, 0.29) is 11.3 Å². The van der Waals surface area contributed by atoms with Crippen molar-refractivity contribution in [2.75, 3.05) is 11.4 Å². The summed E-state index contributed by atoms with van der Waals surface area (Å²) >= 11 is 0. The van der Waals surface area contributed by atoms with Gasteiger partial charge in [0.05, 0.1) is 5.69 Å². The predicted octanol–water partition coefficient (Wildman–Crippen LogP) is 2.01. The minimum Gasteiger partial charge on any atom is -0.315 e. The van der Waals surface area contributed by atoms with Crippen LogP contribution in [-0.4, -0.2) is 18.7 Å². The number of amides is 1. The molecule has 1 aromatic carbocycles.